The molecule has 2 atom stereocenters. The van der Waals surface area contributed by atoms with E-state index in [1.807, 2.05) is 0 Å². The largest absolute Gasteiger partial charge is 0.485 e. The standard InChI is InChI=1S/C20H29F2N7O4/c21-11-5-25-19(26-6-11)16(18(23)28-31)20(30)27-15-8-24-7-14(22)17(15)33-13-1-3-29(4-2-13)12-9-32-10-12/h7-8,11-13,16,18-19,25-26H,1-6,9-10,23H2,(H,27,30). The lowest BCUT2D eigenvalue weighted by molar-refractivity contribution is -0.122. The highest BCUT2D eigenvalue weighted by molar-refractivity contribution is 5.94. The molecule has 4 heterocycles. The average Bonchev–Trinajstić information content (AvgIpc) is 2.77. The highest BCUT2D eigenvalue weighted by atomic mass is 19.1. The molecule has 11 nitrogen and oxygen atoms in total. The minimum Gasteiger partial charge on any atom is -0.485 e. The number of amides is 1. The molecule has 1 amide bonds. The zero-order valence-electron chi connectivity index (χ0n) is 18.1. The summed E-state index contributed by atoms with van der Waals surface area (Å²) in [4.78, 5) is 30.3. The molecule has 4 rings (SSSR count). The van der Waals surface area contributed by atoms with Crippen molar-refractivity contribution in [2.45, 2.75) is 43.5 Å². The number of nitrogens with one attached hydrogen (secondary N) is 3. The Hall–Kier alpha value is -2.32. The number of nitrogens with zero attached hydrogens (tertiary/aromatic N) is 3. The van der Waals surface area contributed by atoms with Crippen LogP contribution in [0.25, 0.3) is 0 Å². The van der Waals surface area contributed by atoms with Crippen LogP contribution in [0.2, 0.25) is 0 Å². The van der Waals surface area contributed by atoms with Gasteiger partial charge in [-0.25, -0.2) is 8.78 Å². The van der Waals surface area contributed by atoms with Gasteiger partial charge in [0.15, 0.2) is 17.7 Å². The third-order valence-corrected chi connectivity index (χ3v) is 6.28. The van der Waals surface area contributed by atoms with Crippen molar-refractivity contribution in [3.63, 3.8) is 0 Å². The first-order valence-corrected chi connectivity index (χ1v) is 11.1. The lowest BCUT2D eigenvalue weighted by Gasteiger charge is -2.41. The number of hydrogen-bond acceptors (Lipinski definition) is 10. The quantitative estimate of drug-likeness (QED) is 0.385. The van der Waals surface area contributed by atoms with Crippen molar-refractivity contribution in [2.75, 3.05) is 44.7 Å². The van der Waals surface area contributed by atoms with E-state index in [4.69, 9.17) is 15.2 Å². The minimum absolute atomic E-state index is 0.00537. The second kappa shape index (κ2) is 10.7. The number of carbonyl (C=O) groups excluding carboxylic acids is 1. The van der Waals surface area contributed by atoms with Gasteiger partial charge in [-0.3, -0.25) is 25.3 Å². The van der Waals surface area contributed by atoms with Crippen LogP contribution in [0.1, 0.15) is 12.8 Å². The van der Waals surface area contributed by atoms with E-state index in [-0.39, 0.29) is 30.6 Å². The predicted molar refractivity (Wildman–Crippen MR) is 115 cm³/mol. The van der Waals surface area contributed by atoms with Crippen LogP contribution >= 0.6 is 0 Å². The number of ether oxygens (including phenoxy) is 2. The van der Waals surface area contributed by atoms with Gasteiger partial charge in [0, 0.05) is 26.2 Å². The maximum Gasteiger partial charge on any atom is 0.234 e. The van der Waals surface area contributed by atoms with Crippen LogP contribution in [0.15, 0.2) is 17.6 Å². The summed E-state index contributed by atoms with van der Waals surface area (Å²) in [5, 5.41) is 10.9. The molecule has 0 spiro atoms. The highest BCUT2D eigenvalue weighted by Crippen LogP contribution is 2.31. The number of hydrogen-bond donors (Lipinski definition) is 4. The van der Waals surface area contributed by atoms with Gasteiger partial charge < -0.3 is 20.5 Å². The number of likely N-dealkylation sites (tertiary alicyclic amines) is 1. The van der Waals surface area contributed by atoms with Crippen molar-refractivity contribution in [1.82, 2.24) is 20.5 Å². The molecule has 0 saturated carbocycles. The van der Waals surface area contributed by atoms with E-state index in [0.29, 0.717) is 18.9 Å². The van der Waals surface area contributed by atoms with Crippen molar-refractivity contribution in [3.05, 3.63) is 23.1 Å². The number of nitroso groups, excluding NO2 is 1. The number of piperidine rings is 1. The maximum atomic E-state index is 14.6. The molecule has 3 aliphatic rings. The van der Waals surface area contributed by atoms with Crippen molar-refractivity contribution < 1.29 is 23.0 Å². The Morgan fingerprint density at radius 1 is 1.30 bits per heavy atom. The normalized spacial score (nSPS) is 26.8. The third-order valence-electron chi connectivity index (χ3n) is 6.28. The van der Waals surface area contributed by atoms with Gasteiger partial charge in [0.1, 0.15) is 23.9 Å². The second-order valence-electron chi connectivity index (χ2n) is 8.54. The van der Waals surface area contributed by atoms with Crippen molar-refractivity contribution >= 4 is 11.6 Å². The number of aromatic nitrogens is 1. The van der Waals surface area contributed by atoms with E-state index in [1.54, 1.807) is 0 Å². The Balaban J connectivity index is 1.43. The van der Waals surface area contributed by atoms with Gasteiger partial charge in [-0.15, -0.1) is 4.91 Å². The zero-order chi connectivity index (χ0) is 23.4. The van der Waals surface area contributed by atoms with Gasteiger partial charge in [-0.1, -0.05) is 5.18 Å². The van der Waals surface area contributed by atoms with Gasteiger partial charge in [0.25, 0.3) is 0 Å². The first-order valence-electron chi connectivity index (χ1n) is 11.1. The molecule has 3 saturated heterocycles. The molecule has 2 unspecified atom stereocenters. The minimum atomic E-state index is -1.41. The van der Waals surface area contributed by atoms with Crippen molar-refractivity contribution in [3.8, 4) is 5.75 Å². The number of nitrogens with two attached hydrogens (primary N) is 1. The molecule has 0 bridgehead atoms. The molecular weight excluding hydrogens is 440 g/mol. The summed E-state index contributed by atoms with van der Waals surface area (Å²) in [7, 11) is 0. The lowest BCUT2D eigenvalue weighted by Crippen LogP contribution is -2.62. The van der Waals surface area contributed by atoms with Crippen LogP contribution in [-0.2, 0) is 9.53 Å². The summed E-state index contributed by atoms with van der Waals surface area (Å²) in [5.74, 6) is -2.70. The number of pyridine rings is 1. The third kappa shape index (κ3) is 5.61. The summed E-state index contributed by atoms with van der Waals surface area (Å²) in [6.07, 6.45) is 0.130. The molecule has 0 radical (unpaired) electrons. The van der Waals surface area contributed by atoms with Crippen molar-refractivity contribution in [2.24, 2.45) is 16.8 Å². The summed E-state index contributed by atoms with van der Waals surface area (Å²) < 4.78 is 39.2. The van der Waals surface area contributed by atoms with Crippen LogP contribution in [0.3, 0.4) is 0 Å². The summed E-state index contributed by atoms with van der Waals surface area (Å²) in [6, 6.07) is 0.431. The second-order valence-corrected chi connectivity index (χ2v) is 8.54. The number of alkyl halides is 1. The van der Waals surface area contributed by atoms with Crippen LogP contribution in [0.4, 0.5) is 14.5 Å². The smallest absolute Gasteiger partial charge is 0.234 e. The Labute approximate surface area is 189 Å². The van der Waals surface area contributed by atoms with Crippen molar-refractivity contribution in [1.29, 1.82) is 0 Å². The number of anilines is 1. The lowest BCUT2D eigenvalue weighted by atomic mass is 9.99. The van der Waals surface area contributed by atoms with Gasteiger partial charge >= 0.3 is 0 Å². The molecule has 0 aliphatic carbocycles. The Morgan fingerprint density at radius 2 is 2.00 bits per heavy atom. The molecule has 33 heavy (non-hydrogen) atoms. The van der Waals surface area contributed by atoms with E-state index in [9.17, 15) is 18.5 Å². The van der Waals surface area contributed by atoms with Gasteiger partial charge in [0.05, 0.1) is 37.8 Å². The highest BCUT2D eigenvalue weighted by Gasteiger charge is 2.38. The SMILES string of the molecule is NC(N=O)C(C(=O)Nc1cncc(F)c1OC1CCN(C2COC2)CC1)C1NCC(F)CN1. The summed E-state index contributed by atoms with van der Waals surface area (Å²) in [6.45, 7) is 3.07. The van der Waals surface area contributed by atoms with Crippen LogP contribution < -0.4 is 26.4 Å². The molecular formula is C20H29F2N7O4. The van der Waals surface area contributed by atoms with E-state index in [1.165, 1.54) is 6.20 Å². The molecule has 1 aromatic heterocycles. The zero-order valence-corrected chi connectivity index (χ0v) is 18.1. The van der Waals surface area contributed by atoms with E-state index >= 15 is 0 Å². The Kier molecular flexibility index (Phi) is 7.75. The van der Waals surface area contributed by atoms with Crippen LogP contribution in [0.5, 0.6) is 5.75 Å². The van der Waals surface area contributed by atoms with Crippen LogP contribution in [0, 0.1) is 16.6 Å². The number of halogens is 2. The fraction of sp³-hybridized carbons (Fsp3) is 0.700. The molecule has 3 fully saturated rings. The van der Waals surface area contributed by atoms with E-state index in [2.05, 4.69) is 31.0 Å². The van der Waals surface area contributed by atoms with Gasteiger partial charge in [-0.05, 0) is 12.8 Å². The average molecular weight is 469 g/mol. The predicted octanol–water partition coefficient (Wildman–Crippen LogP) is -0.0744. The number of rotatable bonds is 8. The first kappa shape index (κ1) is 23.8. The fourth-order valence-corrected chi connectivity index (χ4v) is 4.28. The van der Waals surface area contributed by atoms with Gasteiger partial charge in [-0.2, -0.15) is 0 Å². The molecule has 3 aliphatic heterocycles. The molecule has 1 aromatic rings. The summed E-state index contributed by atoms with van der Waals surface area (Å²) in [5.41, 5.74) is 5.79. The van der Waals surface area contributed by atoms with E-state index < -0.39 is 36.1 Å². The molecule has 182 valence electrons. The monoisotopic (exact) mass is 469 g/mol. The maximum absolute atomic E-state index is 14.6. The van der Waals surface area contributed by atoms with Crippen LogP contribution in [-0.4, -0.2) is 85.8 Å². The van der Waals surface area contributed by atoms with E-state index in [0.717, 1.165) is 32.5 Å². The Morgan fingerprint density at radius 3 is 2.61 bits per heavy atom. The summed E-state index contributed by atoms with van der Waals surface area (Å²) >= 11 is 0. The molecule has 0 aromatic carbocycles. The Bertz CT molecular complexity index is 831. The molecule has 5 N–H and O–H groups in total. The number of carbonyl (C=O) groups is 1. The van der Waals surface area contributed by atoms with Gasteiger partial charge in [0.2, 0.25) is 5.91 Å². The first-order chi connectivity index (χ1) is 16.0. The molecule has 13 heteroatoms. The topological polar surface area (TPSA) is 143 Å². The fourth-order valence-electron chi connectivity index (χ4n) is 4.28.